The molecular formula is C26H22O6. The largest absolute Gasteiger partial charge is 0.497 e. The molecule has 0 aliphatic carbocycles. The Morgan fingerprint density at radius 3 is 2.50 bits per heavy atom. The molecule has 4 rings (SSSR count). The standard InChI is InChI=1S/C26H22O6/c1-16-11-21(31-15-18-5-4-6-20(12-18)29-2)14-22-24(16)25(27)23(32-22)13-17-7-9-19(10-8-17)26(28)30-3/h4-14H,15H2,1-3H3/b23-13-. The molecule has 0 unspecified atom stereocenters. The highest BCUT2D eigenvalue weighted by Gasteiger charge is 2.30. The van der Waals surface area contributed by atoms with Gasteiger partial charge in [-0.15, -0.1) is 0 Å². The van der Waals surface area contributed by atoms with Crippen molar-refractivity contribution in [2.75, 3.05) is 14.2 Å². The number of allylic oxidation sites excluding steroid dienone is 1. The molecule has 0 N–H and O–H groups in total. The zero-order valence-electron chi connectivity index (χ0n) is 18.0. The summed E-state index contributed by atoms with van der Waals surface area (Å²) in [6, 6.07) is 17.9. The minimum Gasteiger partial charge on any atom is -0.497 e. The van der Waals surface area contributed by atoms with Gasteiger partial charge in [0.2, 0.25) is 5.78 Å². The van der Waals surface area contributed by atoms with E-state index in [1.165, 1.54) is 7.11 Å². The van der Waals surface area contributed by atoms with Crippen LogP contribution >= 0.6 is 0 Å². The maximum Gasteiger partial charge on any atom is 0.337 e. The van der Waals surface area contributed by atoms with Crippen molar-refractivity contribution in [3.05, 3.63) is 94.2 Å². The van der Waals surface area contributed by atoms with Crippen LogP contribution in [0.3, 0.4) is 0 Å². The summed E-state index contributed by atoms with van der Waals surface area (Å²) < 4.78 is 21.7. The van der Waals surface area contributed by atoms with Gasteiger partial charge in [-0.25, -0.2) is 4.79 Å². The molecule has 0 saturated carbocycles. The molecule has 6 nitrogen and oxygen atoms in total. The Morgan fingerprint density at radius 2 is 1.78 bits per heavy atom. The van der Waals surface area contributed by atoms with Crippen molar-refractivity contribution >= 4 is 17.8 Å². The van der Waals surface area contributed by atoms with E-state index in [9.17, 15) is 9.59 Å². The summed E-state index contributed by atoms with van der Waals surface area (Å²) in [5.74, 6) is 1.46. The van der Waals surface area contributed by atoms with Gasteiger partial charge in [-0.05, 0) is 60.0 Å². The molecule has 6 heteroatoms. The van der Waals surface area contributed by atoms with Gasteiger partial charge in [0, 0.05) is 6.07 Å². The maximum atomic E-state index is 12.9. The lowest BCUT2D eigenvalue weighted by Gasteiger charge is -2.10. The minimum atomic E-state index is -0.415. The fourth-order valence-corrected chi connectivity index (χ4v) is 3.47. The number of aryl methyl sites for hydroxylation is 1. The number of rotatable bonds is 6. The molecule has 0 fully saturated rings. The Labute approximate surface area is 186 Å². The van der Waals surface area contributed by atoms with Crippen LogP contribution in [0.2, 0.25) is 0 Å². The zero-order valence-corrected chi connectivity index (χ0v) is 18.0. The van der Waals surface area contributed by atoms with E-state index in [-0.39, 0.29) is 11.5 Å². The Hall–Kier alpha value is -4.06. The van der Waals surface area contributed by atoms with Crippen LogP contribution in [-0.2, 0) is 11.3 Å². The second-order valence-corrected chi connectivity index (χ2v) is 7.31. The molecule has 0 spiro atoms. The number of fused-ring (bicyclic) bond motifs is 1. The summed E-state index contributed by atoms with van der Waals surface area (Å²) in [5.41, 5.74) is 3.44. The summed E-state index contributed by atoms with van der Waals surface area (Å²) in [6.07, 6.45) is 1.65. The summed E-state index contributed by atoms with van der Waals surface area (Å²) in [5, 5.41) is 0. The van der Waals surface area contributed by atoms with Gasteiger partial charge in [0.1, 0.15) is 23.9 Å². The van der Waals surface area contributed by atoms with Crippen molar-refractivity contribution in [3.63, 3.8) is 0 Å². The van der Waals surface area contributed by atoms with Crippen molar-refractivity contribution < 1.29 is 28.5 Å². The second kappa shape index (κ2) is 8.98. The lowest BCUT2D eigenvalue weighted by atomic mass is 10.0. The van der Waals surface area contributed by atoms with E-state index in [0.717, 1.165) is 22.4 Å². The highest BCUT2D eigenvalue weighted by Crippen LogP contribution is 2.37. The van der Waals surface area contributed by atoms with E-state index in [2.05, 4.69) is 0 Å². The third kappa shape index (κ3) is 4.34. The minimum absolute atomic E-state index is 0.186. The number of hydrogen-bond acceptors (Lipinski definition) is 6. The normalized spacial score (nSPS) is 13.5. The lowest BCUT2D eigenvalue weighted by molar-refractivity contribution is 0.0600. The number of ether oxygens (including phenoxy) is 4. The van der Waals surface area contributed by atoms with Gasteiger partial charge in [-0.2, -0.15) is 0 Å². The zero-order chi connectivity index (χ0) is 22.7. The van der Waals surface area contributed by atoms with Gasteiger partial charge in [-0.3, -0.25) is 4.79 Å². The van der Waals surface area contributed by atoms with Crippen LogP contribution < -0.4 is 14.2 Å². The van der Waals surface area contributed by atoms with Crippen LogP contribution in [0.5, 0.6) is 17.2 Å². The Bertz CT molecular complexity index is 1210. The molecule has 1 aliphatic heterocycles. The first-order chi connectivity index (χ1) is 15.5. The Morgan fingerprint density at radius 1 is 1.00 bits per heavy atom. The number of hydrogen-bond donors (Lipinski definition) is 0. The summed E-state index contributed by atoms with van der Waals surface area (Å²) in [4.78, 5) is 24.5. The van der Waals surface area contributed by atoms with Crippen LogP contribution in [0.4, 0.5) is 0 Å². The highest BCUT2D eigenvalue weighted by atomic mass is 16.5. The third-order valence-electron chi connectivity index (χ3n) is 5.11. The fraction of sp³-hybridized carbons (Fsp3) is 0.154. The lowest BCUT2D eigenvalue weighted by Crippen LogP contribution is -2.01. The Balaban J connectivity index is 1.52. The molecule has 3 aromatic rings. The van der Waals surface area contributed by atoms with Crippen LogP contribution in [0.25, 0.3) is 6.08 Å². The van der Waals surface area contributed by atoms with Gasteiger partial charge >= 0.3 is 5.97 Å². The van der Waals surface area contributed by atoms with Crippen LogP contribution in [0.1, 0.15) is 37.4 Å². The number of ketones is 1. The molecular weight excluding hydrogens is 408 g/mol. The van der Waals surface area contributed by atoms with E-state index in [0.29, 0.717) is 29.2 Å². The molecule has 3 aromatic carbocycles. The molecule has 32 heavy (non-hydrogen) atoms. The van der Waals surface area contributed by atoms with Crippen molar-refractivity contribution in [2.45, 2.75) is 13.5 Å². The van der Waals surface area contributed by atoms with Crippen LogP contribution in [0, 0.1) is 6.92 Å². The first-order valence-electron chi connectivity index (χ1n) is 10.0. The molecule has 1 aliphatic rings. The predicted octanol–water partition coefficient (Wildman–Crippen LogP) is 4.99. The number of carbonyl (C=O) groups excluding carboxylic acids is 2. The molecule has 0 amide bonds. The molecule has 0 aromatic heterocycles. The van der Waals surface area contributed by atoms with E-state index in [1.54, 1.807) is 43.5 Å². The predicted molar refractivity (Wildman–Crippen MR) is 119 cm³/mol. The van der Waals surface area contributed by atoms with Gasteiger partial charge in [0.15, 0.2) is 5.76 Å². The molecule has 162 valence electrons. The van der Waals surface area contributed by atoms with Crippen LogP contribution in [-0.4, -0.2) is 26.0 Å². The second-order valence-electron chi connectivity index (χ2n) is 7.31. The van der Waals surface area contributed by atoms with Crippen molar-refractivity contribution in [3.8, 4) is 17.2 Å². The average molecular weight is 430 g/mol. The first kappa shape index (κ1) is 21.2. The van der Waals surface area contributed by atoms with E-state index >= 15 is 0 Å². The quantitative estimate of drug-likeness (QED) is 0.406. The van der Waals surface area contributed by atoms with E-state index < -0.39 is 5.97 Å². The third-order valence-corrected chi connectivity index (χ3v) is 5.11. The maximum absolute atomic E-state index is 12.9. The number of methoxy groups -OCH3 is 2. The number of benzene rings is 3. The molecule has 0 radical (unpaired) electrons. The van der Waals surface area contributed by atoms with Gasteiger partial charge in [0.05, 0.1) is 25.3 Å². The molecule has 0 atom stereocenters. The van der Waals surface area contributed by atoms with Crippen LogP contribution in [0.15, 0.2) is 66.4 Å². The molecule has 0 saturated heterocycles. The summed E-state index contributed by atoms with van der Waals surface area (Å²) in [6.45, 7) is 2.21. The van der Waals surface area contributed by atoms with Crippen molar-refractivity contribution in [2.24, 2.45) is 0 Å². The van der Waals surface area contributed by atoms with Crippen molar-refractivity contribution in [1.82, 2.24) is 0 Å². The van der Waals surface area contributed by atoms with Crippen molar-refractivity contribution in [1.29, 1.82) is 0 Å². The summed E-state index contributed by atoms with van der Waals surface area (Å²) >= 11 is 0. The fourth-order valence-electron chi connectivity index (χ4n) is 3.47. The molecule has 1 heterocycles. The SMILES string of the molecule is COC(=O)c1ccc(/C=C2\Oc3cc(OCc4cccc(OC)c4)cc(C)c3C2=O)cc1. The summed E-state index contributed by atoms with van der Waals surface area (Å²) in [7, 11) is 2.95. The van der Waals surface area contributed by atoms with E-state index in [4.69, 9.17) is 18.9 Å². The number of esters is 1. The monoisotopic (exact) mass is 430 g/mol. The first-order valence-corrected chi connectivity index (χ1v) is 10.0. The van der Waals surface area contributed by atoms with E-state index in [1.807, 2.05) is 37.3 Å². The number of carbonyl (C=O) groups is 2. The topological polar surface area (TPSA) is 71.1 Å². The van der Waals surface area contributed by atoms with Gasteiger partial charge in [0.25, 0.3) is 0 Å². The molecule has 0 bridgehead atoms. The highest BCUT2D eigenvalue weighted by molar-refractivity contribution is 6.15. The Kier molecular flexibility index (Phi) is 5.94. The number of Topliss-reactive ketones (excluding diaryl/α,β-unsaturated/α-hetero) is 1. The average Bonchev–Trinajstić information content (AvgIpc) is 3.13. The van der Waals surface area contributed by atoms with Gasteiger partial charge in [-0.1, -0.05) is 24.3 Å². The smallest absolute Gasteiger partial charge is 0.337 e. The van der Waals surface area contributed by atoms with Gasteiger partial charge < -0.3 is 18.9 Å².